The third kappa shape index (κ3) is 6.06. The molecule has 12 rings (SSSR count). The normalized spacial score (nSPS) is 11.6. The van der Waals surface area contributed by atoms with E-state index in [1.807, 2.05) is 18.2 Å². The van der Waals surface area contributed by atoms with E-state index >= 15 is 0 Å². The Bertz CT molecular complexity index is 3610. The van der Waals surface area contributed by atoms with Gasteiger partial charge in [-0.05, 0) is 78.3 Å². The molecule has 2 aromatic heterocycles. The number of para-hydroxylation sites is 2. The van der Waals surface area contributed by atoms with Gasteiger partial charge >= 0.3 is 0 Å². The molecule has 0 radical (unpaired) electrons. The van der Waals surface area contributed by atoms with Gasteiger partial charge in [-0.15, -0.1) is 0 Å². The minimum Gasteiger partial charge on any atom is -0.455 e. The molecule has 284 valence electrons. The van der Waals surface area contributed by atoms with E-state index in [1.54, 1.807) is 0 Å². The lowest BCUT2D eigenvalue weighted by Crippen LogP contribution is -1.96. The molecule has 0 amide bonds. The fraction of sp³-hybridized carbons (Fsp3) is 0. The van der Waals surface area contributed by atoms with Crippen LogP contribution in [0.3, 0.4) is 0 Å². The van der Waals surface area contributed by atoms with E-state index in [0.29, 0.717) is 5.82 Å². The first-order chi connectivity index (χ1) is 30.2. The molecule has 0 aliphatic rings. The monoisotopic (exact) mass is 776 g/mol. The maximum atomic E-state index is 6.39. The van der Waals surface area contributed by atoms with E-state index in [2.05, 4.69) is 200 Å². The maximum Gasteiger partial charge on any atom is 0.160 e. The zero-order valence-electron chi connectivity index (χ0n) is 33.1. The molecule has 0 saturated heterocycles. The average Bonchev–Trinajstić information content (AvgIpc) is 3.73. The van der Waals surface area contributed by atoms with E-state index < -0.39 is 0 Å². The third-order valence-corrected chi connectivity index (χ3v) is 12.1. The molecule has 0 fully saturated rings. The van der Waals surface area contributed by atoms with Gasteiger partial charge in [0, 0.05) is 33.0 Å². The van der Waals surface area contributed by atoms with Crippen LogP contribution in [0.25, 0.3) is 122 Å². The first-order valence-corrected chi connectivity index (χ1v) is 20.7. The summed E-state index contributed by atoms with van der Waals surface area (Å²) in [7, 11) is 0. The molecule has 0 aliphatic heterocycles. The summed E-state index contributed by atoms with van der Waals surface area (Å²) in [5.41, 5.74) is 13.4. The summed E-state index contributed by atoms with van der Waals surface area (Å²) in [6.45, 7) is 0. The first-order valence-electron chi connectivity index (χ1n) is 20.7. The molecule has 0 aliphatic carbocycles. The Morgan fingerprint density at radius 1 is 0.295 bits per heavy atom. The number of fused-ring (bicyclic) bond motifs is 7. The Balaban J connectivity index is 0.967. The summed E-state index contributed by atoms with van der Waals surface area (Å²) in [5.74, 6) is 0.680. The lowest BCUT2D eigenvalue weighted by molar-refractivity contribution is 0.670. The van der Waals surface area contributed by atoms with E-state index in [1.165, 1.54) is 49.0 Å². The topological polar surface area (TPSA) is 38.9 Å². The summed E-state index contributed by atoms with van der Waals surface area (Å²) in [5, 5.41) is 9.73. The van der Waals surface area contributed by atoms with Gasteiger partial charge in [0.25, 0.3) is 0 Å². The van der Waals surface area contributed by atoms with Crippen LogP contribution in [0.1, 0.15) is 0 Å². The highest BCUT2D eigenvalue weighted by molar-refractivity contribution is 6.20. The standard InChI is InChI=1S/C58H36N2O/c1-2-11-37(12-3-1)38-21-31-44(32-22-38)58-59-53(41-25-23-40(24-26-41)48-18-10-19-51-49-17-8-9-20-55(49)61-57(48)51)36-54(60-58)42-27-29-43(30-28-42)56-47-16-7-5-14-45(47)35-52-46-15-6-4-13-39(46)33-34-50(52)56/h1-36H. The molecule has 0 unspecified atom stereocenters. The number of aromatic nitrogens is 2. The molecule has 3 nitrogen and oxygen atoms in total. The maximum absolute atomic E-state index is 6.39. The number of furan rings is 1. The third-order valence-electron chi connectivity index (χ3n) is 12.1. The van der Waals surface area contributed by atoms with Crippen molar-refractivity contribution in [3.8, 4) is 67.3 Å². The van der Waals surface area contributed by atoms with Crippen molar-refractivity contribution in [2.24, 2.45) is 0 Å². The molecule has 0 atom stereocenters. The highest BCUT2D eigenvalue weighted by atomic mass is 16.3. The second-order valence-corrected chi connectivity index (χ2v) is 15.7. The van der Waals surface area contributed by atoms with E-state index in [9.17, 15) is 0 Å². The Morgan fingerprint density at radius 3 is 1.61 bits per heavy atom. The Kier molecular flexibility index (Phi) is 8.17. The van der Waals surface area contributed by atoms with Gasteiger partial charge in [0.2, 0.25) is 0 Å². The van der Waals surface area contributed by atoms with Crippen LogP contribution in [0.15, 0.2) is 223 Å². The van der Waals surface area contributed by atoms with Gasteiger partial charge in [-0.2, -0.15) is 0 Å². The second kappa shape index (κ2) is 14.3. The van der Waals surface area contributed by atoms with E-state index in [0.717, 1.165) is 66.7 Å². The number of benzene rings is 10. The predicted octanol–water partition coefficient (Wildman–Crippen LogP) is 15.8. The summed E-state index contributed by atoms with van der Waals surface area (Å²) in [6.07, 6.45) is 0. The van der Waals surface area contributed by atoms with Crippen LogP contribution >= 0.6 is 0 Å². The van der Waals surface area contributed by atoms with Crippen molar-refractivity contribution in [1.29, 1.82) is 0 Å². The molecular weight excluding hydrogens is 741 g/mol. The molecule has 10 aromatic carbocycles. The summed E-state index contributed by atoms with van der Waals surface area (Å²) in [6, 6.07) is 77.5. The summed E-state index contributed by atoms with van der Waals surface area (Å²) >= 11 is 0. The minimum absolute atomic E-state index is 0.680. The van der Waals surface area contributed by atoms with Crippen molar-refractivity contribution in [2.45, 2.75) is 0 Å². The SMILES string of the molecule is c1ccc(-c2ccc(-c3nc(-c4ccc(-c5c6ccccc6cc6c5ccc5ccccc56)cc4)cc(-c4ccc(-c5cccc6c5oc5ccccc56)cc4)n3)cc2)cc1. The Labute approximate surface area is 352 Å². The van der Waals surface area contributed by atoms with Gasteiger partial charge in [0.1, 0.15) is 11.2 Å². The van der Waals surface area contributed by atoms with Crippen LogP contribution in [0.2, 0.25) is 0 Å². The highest BCUT2D eigenvalue weighted by Gasteiger charge is 2.16. The molecule has 0 saturated carbocycles. The Morgan fingerprint density at radius 2 is 0.852 bits per heavy atom. The lowest BCUT2D eigenvalue weighted by atomic mass is 9.89. The molecule has 3 heteroatoms. The molecule has 61 heavy (non-hydrogen) atoms. The lowest BCUT2D eigenvalue weighted by Gasteiger charge is -2.15. The first kappa shape index (κ1) is 34.9. The van der Waals surface area contributed by atoms with Gasteiger partial charge in [-0.25, -0.2) is 9.97 Å². The van der Waals surface area contributed by atoms with Crippen LogP contribution in [-0.2, 0) is 0 Å². The van der Waals surface area contributed by atoms with Gasteiger partial charge in [-0.3, -0.25) is 0 Å². The van der Waals surface area contributed by atoms with Crippen molar-refractivity contribution in [2.75, 3.05) is 0 Å². The fourth-order valence-corrected chi connectivity index (χ4v) is 9.05. The van der Waals surface area contributed by atoms with Crippen LogP contribution in [0.4, 0.5) is 0 Å². The van der Waals surface area contributed by atoms with E-state index in [4.69, 9.17) is 14.4 Å². The van der Waals surface area contributed by atoms with Crippen molar-refractivity contribution >= 4 is 54.3 Å². The zero-order valence-corrected chi connectivity index (χ0v) is 33.1. The second-order valence-electron chi connectivity index (χ2n) is 15.7. The molecule has 2 heterocycles. The van der Waals surface area contributed by atoms with Crippen molar-refractivity contribution in [3.63, 3.8) is 0 Å². The van der Waals surface area contributed by atoms with Crippen LogP contribution < -0.4 is 0 Å². The number of rotatable bonds is 6. The van der Waals surface area contributed by atoms with Crippen molar-refractivity contribution in [1.82, 2.24) is 9.97 Å². The van der Waals surface area contributed by atoms with Crippen LogP contribution in [0, 0.1) is 0 Å². The zero-order chi connectivity index (χ0) is 40.3. The molecule has 0 bridgehead atoms. The molecule has 0 N–H and O–H groups in total. The number of nitrogens with zero attached hydrogens (tertiary/aromatic N) is 2. The number of hydrogen-bond acceptors (Lipinski definition) is 3. The van der Waals surface area contributed by atoms with Gasteiger partial charge in [0.15, 0.2) is 5.82 Å². The quantitative estimate of drug-likeness (QED) is 0.125. The highest BCUT2D eigenvalue weighted by Crippen LogP contribution is 2.41. The van der Waals surface area contributed by atoms with Crippen molar-refractivity contribution in [3.05, 3.63) is 218 Å². The average molecular weight is 777 g/mol. The largest absolute Gasteiger partial charge is 0.455 e. The number of hydrogen-bond donors (Lipinski definition) is 0. The Hall–Kier alpha value is -8.14. The van der Waals surface area contributed by atoms with Crippen LogP contribution in [0.5, 0.6) is 0 Å². The van der Waals surface area contributed by atoms with Gasteiger partial charge in [-0.1, -0.05) is 200 Å². The van der Waals surface area contributed by atoms with Gasteiger partial charge < -0.3 is 4.42 Å². The summed E-state index contributed by atoms with van der Waals surface area (Å²) < 4.78 is 6.39. The van der Waals surface area contributed by atoms with Gasteiger partial charge in [0.05, 0.1) is 11.4 Å². The molecule has 12 aromatic rings. The summed E-state index contributed by atoms with van der Waals surface area (Å²) in [4.78, 5) is 10.4. The van der Waals surface area contributed by atoms with E-state index in [-0.39, 0.29) is 0 Å². The predicted molar refractivity (Wildman–Crippen MR) is 254 cm³/mol. The fourth-order valence-electron chi connectivity index (χ4n) is 9.05. The smallest absolute Gasteiger partial charge is 0.160 e. The molecule has 0 spiro atoms. The molecular formula is C58H36N2O. The van der Waals surface area contributed by atoms with Crippen molar-refractivity contribution < 1.29 is 4.42 Å². The minimum atomic E-state index is 0.680. The van der Waals surface area contributed by atoms with Crippen LogP contribution in [-0.4, -0.2) is 9.97 Å².